The maximum Gasteiger partial charge on any atom is 0.257 e. The highest BCUT2D eigenvalue weighted by Gasteiger charge is 2.38. The molecule has 1 spiro atoms. The van der Waals surface area contributed by atoms with Gasteiger partial charge in [0.25, 0.3) is 5.91 Å². The van der Waals surface area contributed by atoms with Crippen LogP contribution in [0.5, 0.6) is 0 Å². The van der Waals surface area contributed by atoms with Crippen molar-refractivity contribution in [2.45, 2.75) is 24.7 Å². The summed E-state index contributed by atoms with van der Waals surface area (Å²) in [4.78, 5) is 31.1. The van der Waals surface area contributed by atoms with Crippen molar-refractivity contribution < 1.29 is 9.59 Å². The molecule has 160 valence electrons. The van der Waals surface area contributed by atoms with Gasteiger partial charge in [-0.25, -0.2) is 0 Å². The van der Waals surface area contributed by atoms with Gasteiger partial charge in [-0.05, 0) is 53.8 Å². The fourth-order valence-corrected chi connectivity index (χ4v) is 4.72. The summed E-state index contributed by atoms with van der Waals surface area (Å²) in [6, 6.07) is 19.5. The van der Waals surface area contributed by atoms with Gasteiger partial charge in [-0.15, -0.1) is 0 Å². The van der Waals surface area contributed by atoms with Gasteiger partial charge in [0.2, 0.25) is 5.91 Å². The van der Waals surface area contributed by atoms with Crippen molar-refractivity contribution in [2.75, 3.05) is 18.4 Å². The van der Waals surface area contributed by atoms with Crippen molar-refractivity contribution in [1.82, 2.24) is 9.88 Å². The molecular formula is C27H25N3O2. The molecule has 0 saturated carbocycles. The number of nitrogens with one attached hydrogen (secondary N) is 1. The molecule has 5 nitrogen and oxygen atoms in total. The Labute approximate surface area is 187 Å². The van der Waals surface area contributed by atoms with Gasteiger partial charge in [0.1, 0.15) is 0 Å². The molecule has 32 heavy (non-hydrogen) atoms. The standard InChI is InChI=1S/C27H25N3O2/c31-25(30-16-13-27(14-17-30)12-11-21-4-1-2-6-24(21)27)18-20-7-9-23(10-8-20)29-26(32)22-5-3-15-28-19-22/h1-12,15,19H,13-14,16-18H2,(H,29,32). The highest BCUT2D eigenvalue weighted by atomic mass is 16.2. The number of carbonyl (C=O) groups excluding carboxylic acids is 2. The number of hydrogen-bond donors (Lipinski definition) is 1. The zero-order valence-electron chi connectivity index (χ0n) is 17.8. The van der Waals surface area contributed by atoms with Crippen LogP contribution in [0.25, 0.3) is 6.08 Å². The molecule has 2 heterocycles. The summed E-state index contributed by atoms with van der Waals surface area (Å²) in [5.74, 6) is -0.0473. The van der Waals surface area contributed by atoms with E-state index in [-0.39, 0.29) is 17.2 Å². The Hall–Kier alpha value is -3.73. The number of pyridine rings is 1. The molecular weight excluding hydrogens is 398 g/mol. The number of hydrogen-bond acceptors (Lipinski definition) is 3. The zero-order chi connectivity index (χ0) is 22.0. The van der Waals surface area contributed by atoms with Crippen LogP contribution in [0, 0.1) is 0 Å². The molecule has 1 saturated heterocycles. The van der Waals surface area contributed by atoms with E-state index >= 15 is 0 Å². The van der Waals surface area contributed by atoms with E-state index < -0.39 is 0 Å². The number of aromatic nitrogens is 1. The molecule has 2 amide bonds. The van der Waals surface area contributed by atoms with E-state index in [1.165, 1.54) is 17.3 Å². The zero-order valence-corrected chi connectivity index (χ0v) is 17.8. The number of likely N-dealkylation sites (tertiary alicyclic amines) is 1. The van der Waals surface area contributed by atoms with E-state index in [1.54, 1.807) is 18.3 Å². The van der Waals surface area contributed by atoms with E-state index in [0.717, 1.165) is 31.5 Å². The smallest absolute Gasteiger partial charge is 0.257 e. The normalized spacial score (nSPS) is 16.1. The van der Waals surface area contributed by atoms with E-state index in [1.807, 2.05) is 29.2 Å². The lowest BCUT2D eigenvalue weighted by Crippen LogP contribution is -2.44. The monoisotopic (exact) mass is 423 g/mol. The van der Waals surface area contributed by atoms with Gasteiger partial charge < -0.3 is 10.2 Å². The van der Waals surface area contributed by atoms with Crippen molar-refractivity contribution in [2.24, 2.45) is 0 Å². The fraction of sp³-hybridized carbons (Fsp3) is 0.222. The van der Waals surface area contributed by atoms with Gasteiger partial charge in [-0.3, -0.25) is 14.6 Å². The van der Waals surface area contributed by atoms with E-state index in [0.29, 0.717) is 17.7 Å². The Kier molecular flexibility index (Phi) is 5.31. The number of carbonyl (C=O) groups is 2. The summed E-state index contributed by atoms with van der Waals surface area (Å²) >= 11 is 0. The SMILES string of the molecule is O=C(Nc1ccc(CC(=O)N2CCC3(C=Cc4ccccc43)CC2)cc1)c1cccnc1. The van der Waals surface area contributed by atoms with Crippen molar-refractivity contribution in [1.29, 1.82) is 0 Å². The maximum atomic E-state index is 12.9. The molecule has 5 rings (SSSR count). The largest absolute Gasteiger partial charge is 0.342 e. The molecule has 2 aromatic carbocycles. The van der Waals surface area contributed by atoms with Crippen molar-refractivity contribution in [3.05, 3.63) is 101 Å². The first-order valence-corrected chi connectivity index (χ1v) is 11.0. The summed E-state index contributed by atoms with van der Waals surface area (Å²) < 4.78 is 0. The first-order chi connectivity index (χ1) is 15.6. The van der Waals surface area contributed by atoms with Gasteiger partial charge in [0.15, 0.2) is 0 Å². The molecule has 0 unspecified atom stereocenters. The van der Waals surface area contributed by atoms with Gasteiger partial charge in [0.05, 0.1) is 12.0 Å². The van der Waals surface area contributed by atoms with Crippen LogP contribution in [0.1, 0.15) is 39.9 Å². The first-order valence-electron chi connectivity index (χ1n) is 11.0. The van der Waals surface area contributed by atoms with Gasteiger partial charge in [-0.2, -0.15) is 0 Å². The molecule has 1 aromatic heterocycles. The summed E-state index contributed by atoms with van der Waals surface area (Å²) in [5.41, 5.74) is 4.94. The number of nitrogens with zero attached hydrogens (tertiary/aromatic N) is 2. The molecule has 1 aliphatic heterocycles. The van der Waals surface area contributed by atoms with Crippen LogP contribution in [-0.4, -0.2) is 34.8 Å². The maximum absolute atomic E-state index is 12.9. The van der Waals surface area contributed by atoms with Crippen LogP contribution in [0.4, 0.5) is 5.69 Å². The third-order valence-corrected chi connectivity index (χ3v) is 6.58. The number of allylic oxidation sites excluding steroid dienone is 1. The Morgan fingerprint density at radius 3 is 2.50 bits per heavy atom. The minimum atomic E-state index is -0.202. The topological polar surface area (TPSA) is 62.3 Å². The molecule has 5 heteroatoms. The van der Waals surface area contributed by atoms with Crippen LogP contribution < -0.4 is 5.32 Å². The summed E-state index contributed by atoms with van der Waals surface area (Å²) in [7, 11) is 0. The van der Waals surface area contributed by atoms with E-state index in [2.05, 4.69) is 46.7 Å². The molecule has 0 atom stereocenters. The number of fused-ring (bicyclic) bond motifs is 2. The number of amides is 2. The number of benzene rings is 2. The lowest BCUT2D eigenvalue weighted by Gasteiger charge is -2.39. The van der Waals surface area contributed by atoms with Crippen LogP contribution in [0.3, 0.4) is 0 Å². The van der Waals surface area contributed by atoms with E-state index in [4.69, 9.17) is 0 Å². The summed E-state index contributed by atoms with van der Waals surface area (Å²) in [6.45, 7) is 1.55. The van der Waals surface area contributed by atoms with Gasteiger partial charge in [0, 0.05) is 36.6 Å². The minimum Gasteiger partial charge on any atom is -0.342 e. The predicted octanol–water partition coefficient (Wildman–Crippen LogP) is 4.46. The highest BCUT2D eigenvalue weighted by molar-refractivity contribution is 6.04. The Morgan fingerprint density at radius 1 is 0.969 bits per heavy atom. The molecule has 1 aliphatic carbocycles. The van der Waals surface area contributed by atoms with Gasteiger partial charge >= 0.3 is 0 Å². The van der Waals surface area contributed by atoms with Crippen LogP contribution in [0.2, 0.25) is 0 Å². The Bertz CT molecular complexity index is 1160. The number of piperidine rings is 1. The summed E-state index contributed by atoms with van der Waals surface area (Å²) in [6.07, 6.45) is 10.0. The summed E-state index contributed by atoms with van der Waals surface area (Å²) in [5, 5.41) is 2.86. The number of anilines is 1. The minimum absolute atomic E-state index is 0.0848. The predicted molar refractivity (Wildman–Crippen MR) is 125 cm³/mol. The number of rotatable bonds is 4. The van der Waals surface area contributed by atoms with E-state index in [9.17, 15) is 9.59 Å². The van der Waals surface area contributed by atoms with Gasteiger partial charge in [-0.1, -0.05) is 48.6 Å². The molecule has 1 fully saturated rings. The second-order valence-electron chi connectivity index (χ2n) is 8.53. The van der Waals surface area contributed by atoms with Crippen molar-refractivity contribution >= 4 is 23.6 Å². The third-order valence-electron chi connectivity index (χ3n) is 6.58. The first kappa shape index (κ1) is 20.2. The second-order valence-corrected chi connectivity index (χ2v) is 8.53. The van der Waals surface area contributed by atoms with Crippen LogP contribution >= 0.6 is 0 Å². The van der Waals surface area contributed by atoms with Crippen LogP contribution in [0.15, 0.2) is 79.1 Å². The van der Waals surface area contributed by atoms with Crippen molar-refractivity contribution in [3.63, 3.8) is 0 Å². The molecule has 0 radical (unpaired) electrons. The Balaban J connectivity index is 1.17. The lowest BCUT2D eigenvalue weighted by atomic mass is 9.74. The quantitative estimate of drug-likeness (QED) is 0.674. The molecule has 3 aromatic rings. The molecule has 0 bridgehead atoms. The molecule has 1 N–H and O–H groups in total. The third kappa shape index (κ3) is 3.94. The van der Waals surface area contributed by atoms with Crippen molar-refractivity contribution in [3.8, 4) is 0 Å². The average Bonchev–Trinajstić information content (AvgIpc) is 3.19. The van der Waals surface area contributed by atoms with Crippen LogP contribution in [-0.2, 0) is 16.6 Å². The highest BCUT2D eigenvalue weighted by Crippen LogP contribution is 2.43. The average molecular weight is 424 g/mol. The lowest BCUT2D eigenvalue weighted by molar-refractivity contribution is -0.131. The Morgan fingerprint density at radius 2 is 1.75 bits per heavy atom. The second kappa shape index (κ2) is 8.42. The fourth-order valence-electron chi connectivity index (χ4n) is 4.72. The molecule has 2 aliphatic rings.